The Kier molecular flexibility index (Phi) is 5.49. The number of methoxy groups -OCH3 is 1. The maximum atomic E-state index is 11.1. The SMILES string of the molecule is CCCC(C)COc1c(OC)cccc1C(=O)O. The normalized spacial score (nSPS) is 11.9. The number of hydrogen-bond donors (Lipinski definition) is 1. The van der Waals surface area contributed by atoms with Crippen molar-refractivity contribution in [3.63, 3.8) is 0 Å². The molecule has 100 valence electrons. The van der Waals surface area contributed by atoms with E-state index in [1.807, 2.05) is 0 Å². The number of aromatic carboxylic acids is 1. The van der Waals surface area contributed by atoms with Crippen LogP contribution in [0.2, 0.25) is 0 Å². The van der Waals surface area contributed by atoms with Crippen molar-refractivity contribution in [3.05, 3.63) is 23.8 Å². The number of benzene rings is 1. The van der Waals surface area contributed by atoms with E-state index in [-0.39, 0.29) is 5.56 Å². The molecule has 0 radical (unpaired) electrons. The number of carbonyl (C=O) groups is 1. The number of rotatable bonds is 7. The molecule has 0 amide bonds. The van der Waals surface area contributed by atoms with Crippen molar-refractivity contribution < 1.29 is 19.4 Å². The topological polar surface area (TPSA) is 55.8 Å². The second-order valence-electron chi connectivity index (χ2n) is 4.35. The summed E-state index contributed by atoms with van der Waals surface area (Å²) in [6.07, 6.45) is 2.14. The average molecular weight is 252 g/mol. The summed E-state index contributed by atoms with van der Waals surface area (Å²) in [6.45, 7) is 4.69. The lowest BCUT2D eigenvalue weighted by molar-refractivity contribution is 0.0690. The molecule has 0 saturated carbocycles. The first kappa shape index (κ1) is 14.4. The average Bonchev–Trinajstić information content (AvgIpc) is 2.36. The van der Waals surface area contributed by atoms with Gasteiger partial charge in [-0.05, 0) is 24.5 Å². The van der Waals surface area contributed by atoms with E-state index in [9.17, 15) is 4.79 Å². The highest BCUT2D eigenvalue weighted by molar-refractivity contribution is 5.92. The van der Waals surface area contributed by atoms with Gasteiger partial charge in [-0.25, -0.2) is 4.79 Å². The maximum absolute atomic E-state index is 11.1. The molecule has 0 aromatic heterocycles. The highest BCUT2D eigenvalue weighted by Crippen LogP contribution is 2.31. The number of carboxylic acid groups (broad SMARTS) is 1. The lowest BCUT2D eigenvalue weighted by atomic mass is 10.1. The van der Waals surface area contributed by atoms with Crippen LogP contribution in [0.1, 0.15) is 37.0 Å². The third kappa shape index (κ3) is 3.65. The Balaban J connectivity index is 2.87. The van der Waals surface area contributed by atoms with Gasteiger partial charge in [0.2, 0.25) is 0 Å². The predicted molar refractivity (Wildman–Crippen MR) is 69.5 cm³/mol. The van der Waals surface area contributed by atoms with Crippen molar-refractivity contribution in [2.45, 2.75) is 26.7 Å². The molecule has 4 nitrogen and oxygen atoms in total. The first-order valence-corrected chi connectivity index (χ1v) is 6.13. The molecule has 0 aliphatic rings. The molecule has 0 spiro atoms. The molecule has 1 aromatic carbocycles. The van der Waals surface area contributed by atoms with Gasteiger partial charge in [0.15, 0.2) is 11.5 Å². The van der Waals surface area contributed by atoms with Crippen LogP contribution in [-0.2, 0) is 0 Å². The lowest BCUT2D eigenvalue weighted by Gasteiger charge is -2.16. The van der Waals surface area contributed by atoms with E-state index in [1.54, 1.807) is 12.1 Å². The van der Waals surface area contributed by atoms with Gasteiger partial charge in [0.1, 0.15) is 5.56 Å². The second-order valence-corrected chi connectivity index (χ2v) is 4.35. The minimum atomic E-state index is -1.01. The molecule has 4 heteroatoms. The summed E-state index contributed by atoms with van der Waals surface area (Å²) in [6, 6.07) is 4.86. The molecular weight excluding hydrogens is 232 g/mol. The summed E-state index contributed by atoms with van der Waals surface area (Å²) in [5, 5.41) is 9.12. The van der Waals surface area contributed by atoms with E-state index in [0.717, 1.165) is 12.8 Å². The number of ether oxygens (including phenoxy) is 2. The Morgan fingerprint density at radius 3 is 2.72 bits per heavy atom. The van der Waals surface area contributed by atoms with Crippen molar-refractivity contribution in [1.82, 2.24) is 0 Å². The van der Waals surface area contributed by atoms with E-state index in [1.165, 1.54) is 13.2 Å². The number of para-hydroxylation sites is 1. The maximum Gasteiger partial charge on any atom is 0.339 e. The summed E-state index contributed by atoms with van der Waals surface area (Å²) in [5.74, 6) is 0.155. The van der Waals surface area contributed by atoms with Gasteiger partial charge < -0.3 is 14.6 Å². The van der Waals surface area contributed by atoms with Crippen LogP contribution in [0.3, 0.4) is 0 Å². The predicted octanol–water partition coefficient (Wildman–Crippen LogP) is 3.21. The van der Waals surface area contributed by atoms with Crippen LogP contribution in [0.4, 0.5) is 0 Å². The van der Waals surface area contributed by atoms with Crippen molar-refractivity contribution in [2.24, 2.45) is 5.92 Å². The molecule has 1 rings (SSSR count). The van der Waals surface area contributed by atoms with Crippen LogP contribution in [0.5, 0.6) is 11.5 Å². The lowest BCUT2D eigenvalue weighted by Crippen LogP contribution is -2.11. The third-order valence-corrected chi connectivity index (χ3v) is 2.72. The van der Waals surface area contributed by atoms with Gasteiger partial charge in [-0.2, -0.15) is 0 Å². The molecule has 1 N–H and O–H groups in total. The Bertz CT molecular complexity index is 401. The fourth-order valence-electron chi connectivity index (χ4n) is 1.80. The van der Waals surface area contributed by atoms with Crippen molar-refractivity contribution in [2.75, 3.05) is 13.7 Å². The standard InChI is InChI=1S/C14H20O4/c1-4-6-10(2)9-18-13-11(14(15)16)7-5-8-12(13)17-3/h5,7-8,10H,4,6,9H2,1-3H3,(H,15,16). The van der Waals surface area contributed by atoms with Gasteiger partial charge in [-0.15, -0.1) is 0 Å². The van der Waals surface area contributed by atoms with Gasteiger partial charge in [0.25, 0.3) is 0 Å². The van der Waals surface area contributed by atoms with Crippen LogP contribution >= 0.6 is 0 Å². The largest absolute Gasteiger partial charge is 0.493 e. The number of carboxylic acids is 1. The van der Waals surface area contributed by atoms with Gasteiger partial charge in [0.05, 0.1) is 13.7 Å². The zero-order chi connectivity index (χ0) is 13.5. The molecule has 1 atom stereocenters. The van der Waals surface area contributed by atoms with Gasteiger partial charge in [-0.1, -0.05) is 26.3 Å². The van der Waals surface area contributed by atoms with Crippen molar-refractivity contribution in [1.29, 1.82) is 0 Å². The van der Waals surface area contributed by atoms with Crippen molar-refractivity contribution >= 4 is 5.97 Å². The highest BCUT2D eigenvalue weighted by Gasteiger charge is 2.16. The fourth-order valence-corrected chi connectivity index (χ4v) is 1.80. The van der Waals surface area contributed by atoms with Crippen LogP contribution < -0.4 is 9.47 Å². The summed E-state index contributed by atoms with van der Waals surface area (Å²) in [4.78, 5) is 11.1. The minimum absolute atomic E-state index is 0.137. The fraction of sp³-hybridized carbons (Fsp3) is 0.500. The van der Waals surface area contributed by atoms with Crippen LogP contribution in [0.15, 0.2) is 18.2 Å². The summed E-state index contributed by atoms with van der Waals surface area (Å²) in [7, 11) is 1.50. The molecule has 0 heterocycles. The van der Waals surface area contributed by atoms with E-state index >= 15 is 0 Å². The zero-order valence-electron chi connectivity index (χ0n) is 11.1. The van der Waals surface area contributed by atoms with E-state index in [2.05, 4.69) is 13.8 Å². The Morgan fingerprint density at radius 1 is 1.44 bits per heavy atom. The quantitative estimate of drug-likeness (QED) is 0.809. The first-order chi connectivity index (χ1) is 8.60. The van der Waals surface area contributed by atoms with Gasteiger partial charge >= 0.3 is 5.97 Å². The molecular formula is C14H20O4. The first-order valence-electron chi connectivity index (χ1n) is 6.13. The second kappa shape index (κ2) is 6.89. The van der Waals surface area contributed by atoms with Gasteiger partial charge in [-0.3, -0.25) is 0 Å². The minimum Gasteiger partial charge on any atom is -0.493 e. The van der Waals surface area contributed by atoms with Crippen LogP contribution in [0.25, 0.3) is 0 Å². The molecule has 0 fully saturated rings. The molecule has 18 heavy (non-hydrogen) atoms. The molecule has 1 aromatic rings. The summed E-state index contributed by atoms with van der Waals surface area (Å²) in [5.41, 5.74) is 0.137. The zero-order valence-corrected chi connectivity index (χ0v) is 11.1. The van der Waals surface area contributed by atoms with E-state index in [4.69, 9.17) is 14.6 Å². The number of hydrogen-bond acceptors (Lipinski definition) is 3. The Labute approximate surface area is 108 Å². The molecule has 0 aliphatic carbocycles. The van der Waals surface area contributed by atoms with E-state index < -0.39 is 5.97 Å². The van der Waals surface area contributed by atoms with Gasteiger partial charge in [0, 0.05) is 0 Å². The van der Waals surface area contributed by atoms with Crippen molar-refractivity contribution in [3.8, 4) is 11.5 Å². The molecule has 0 aliphatic heterocycles. The monoisotopic (exact) mass is 252 g/mol. The Hall–Kier alpha value is -1.71. The molecule has 0 saturated heterocycles. The smallest absolute Gasteiger partial charge is 0.339 e. The van der Waals surface area contributed by atoms with Crippen LogP contribution in [0, 0.1) is 5.92 Å². The highest BCUT2D eigenvalue weighted by atomic mass is 16.5. The summed E-state index contributed by atoms with van der Waals surface area (Å²) >= 11 is 0. The third-order valence-electron chi connectivity index (χ3n) is 2.72. The summed E-state index contributed by atoms with van der Waals surface area (Å²) < 4.78 is 10.8. The Morgan fingerprint density at radius 2 is 2.17 bits per heavy atom. The molecule has 1 unspecified atom stereocenters. The molecule has 0 bridgehead atoms. The van der Waals surface area contributed by atoms with Crippen LogP contribution in [-0.4, -0.2) is 24.8 Å². The van der Waals surface area contributed by atoms with E-state index in [0.29, 0.717) is 24.0 Å².